The fourth-order valence-electron chi connectivity index (χ4n) is 1.04. The number of rotatable bonds is 6. The van der Waals surface area contributed by atoms with Crippen LogP contribution in [-0.2, 0) is 11.2 Å². The second-order valence-electron chi connectivity index (χ2n) is 3.47. The van der Waals surface area contributed by atoms with Crippen molar-refractivity contribution in [3.05, 3.63) is 10.0 Å². The first-order valence-electron chi connectivity index (χ1n) is 5.14. The molecule has 8 heteroatoms. The zero-order valence-electron chi connectivity index (χ0n) is 9.33. The van der Waals surface area contributed by atoms with Crippen molar-refractivity contribution in [2.24, 2.45) is 5.73 Å². The fraction of sp³-hybridized carbons (Fsp3) is 0.778. The SMILES string of the molecule is CCC(N)c1nnc(CCOCC(F)(F)F)s1. The minimum Gasteiger partial charge on any atom is -0.372 e. The van der Waals surface area contributed by atoms with Crippen LogP contribution in [-0.4, -0.2) is 29.6 Å². The lowest BCUT2D eigenvalue weighted by Gasteiger charge is -2.05. The number of nitrogens with two attached hydrogens (primary N) is 1. The molecule has 0 spiro atoms. The van der Waals surface area contributed by atoms with Crippen molar-refractivity contribution in [1.82, 2.24) is 10.2 Å². The topological polar surface area (TPSA) is 61.0 Å². The molecule has 1 heterocycles. The van der Waals surface area contributed by atoms with Crippen LogP contribution in [0.25, 0.3) is 0 Å². The lowest BCUT2D eigenvalue weighted by molar-refractivity contribution is -0.173. The molecule has 0 aromatic carbocycles. The maximum Gasteiger partial charge on any atom is 0.411 e. The molecule has 0 saturated heterocycles. The van der Waals surface area contributed by atoms with E-state index in [-0.39, 0.29) is 12.6 Å². The molecule has 0 radical (unpaired) electrons. The van der Waals surface area contributed by atoms with Crippen molar-refractivity contribution in [2.45, 2.75) is 32.0 Å². The maximum absolute atomic E-state index is 11.8. The monoisotopic (exact) mass is 269 g/mol. The summed E-state index contributed by atoms with van der Waals surface area (Å²) in [5.74, 6) is 0. The minimum absolute atomic E-state index is 0.0183. The number of halogens is 3. The van der Waals surface area contributed by atoms with Crippen LogP contribution in [0.2, 0.25) is 0 Å². The number of hydrogen-bond donors (Lipinski definition) is 1. The standard InChI is InChI=1S/C9H14F3N3OS/c1-2-6(13)8-15-14-7(17-8)3-4-16-5-9(10,11)12/h6H,2-5,13H2,1H3. The molecule has 1 rings (SSSR count). The van der Waals surface area contributed by atoms with Crippen LogP contribution in [0.1, 0.15) is 29.4 Å². The third kappa shape index (κ3) is 5.42. The smallest absolute Gasteiger partial charge is 0.372 e. The van der Waals surface area contributed by atoms with Crippen LogP contribution in [0.5, 0.6) is 0 Å². The van der Waals surface area contributed by atoms with E-state index in [1.165, 1.54) is 11.3 Å². The summed E-state index contributed by atoms with van der Waals surface area (Å²) in [4.78, 5) is 0. The van der Waals surface area contributed by atoms with Crippen molar-refractivity contribution >= 4 is 11.3 Å². The van der Waals surface area contributed by atoms with Gasteiger partial charge in [0.1, 0.15) is 16.6 Å². The van der Waals surface area contributed by atoms with Gasteiger partial charge in [-0.15, -0.1) is 10.2 Å². The molecule has 0 aliphatic carbocycles. The quantitative estimate of drug-likeness (QED) is 0.803. The first-order valence-corrected chi connectivity index (χ1v) is 5.96. The molecule has 0 saturated carbocycles. The predicted octanol–water partition coefficient (Wildman–Crippen LogP) is 2.07. The number of ether oxygens (including phenoxy) is 1. The van der Waals surface area contributed by atoms with Gasteiger partial charge in [0.15, 0.2) is 0 Å². The molecule has 0 bridgehead atoms. The van der Waals surface area contributed by atoms with Crippen LogP contribution in [0.3, 0.4) is 0 Å². The van der Waals surface area contributed by atoms with Gasteiger partial charge in [-0.05, 0) is 6.42 Å². The summed E-state index contributed by atoms with van der Waals surface area (Å²) in [5.41, 5.74) is 5.75. The summed E-state index contributed by atoms with van der Waals surface area (Å²) >= 11 is 1.32. The number of nitrogens with zero attached hydrogens (tertiary/aromatic N) is 2. The Morgan fingerprint density at radius 3 is 2.71 bits per heavy atom. The van der Waals surface area contributed by atoms with E-state index in [0.717, 1.165) is 6.42 Å². The Labute approximate surface area is 101 Å². The van der Waals surface area contributed by atoms with Gasteiger partial charge in [-0.25, -0.2) is 0 Å². The summed E-state index contributed by atoms with van der Waals surface area (Å²) in [6.45, 7) is 0.681. The molecule has 0 aliphatic heterocycles. The highest BCUT2D eigenvalue weighted by Crippen LogP contribution is 2.19. The van der Waals surface area contributed by atoms with Crippen LogP contribution >= 0.6 is 11.3 Å². The third-order valence-corrected chi connectivity index (χ3v) is 3.08. The molecule has 1 atom stereocenters. The Balaban J connectivity index is 2.30. The van der Waals surface area contributed by atoms with Gasteiger partial charge in [0, 0.05) is 6.42 Å². The van der Waals surface area contributed by atoms with E-state index < -0.39 is 12.8 Å². The largest absolute Gasteiger partial charge is 0.411 e. The Kier molecular flexibility index (Phi) is 5.29. The molecule has 98 valence electrons. The molecule has 0 fully saturated rings. The van der Waals surface area contributed by atoms with E-state index in [1.54, 1.807) is 0 Å². The van der Waals surface area contributed by atoms with Crippen molar-refractivity contribution in [1.29, 1.82) is 0 Å². The minimum atomic E-state index is -4.28. The Bertz CT molecular complexity index is 342. The van der Waals surface area contributed by atoms with Gasteiger partial charge >= 0.3 is 6.18 Å². The van der Waals surface area contributed by atoms with Crippen molar-refractivity contribution in [3.8, 4) is 0 Å². The van der Waals surface area contributed by atoms with Crippen LogP contribution in [0.4, 0.5) is 13.2 Å². The number of alkyl halides is 3. The molecule has 2 N–H and O–H groups in total. The van der Waals surface area contributed by atoms with E-state index in [1.807, 2.05) is 6.92 Å². The highest BCUT2D eigenvalue weighted by Gasteiger charge is 2.27. The van der Waals surface area contributed by atoms with E-state index in [9.17, 15) is 13.2 Å². The highest BCUT2D eigenvalue weighted by atomic mass is 32.1. The highest BCUT2D eigenvalue weighted by molar-refractivity contribution is 7.11. The first kappa shape index (κ1) is 14.3. The average molecular weight is 269 g/mol. The van der Waals surface area contributed by atoms with Gasteiger partial charge in [0.25, 0.3) is 0 Å². The van der Waals surface area contributed by atoms with Gasteiger partial charge in [0.05, 0.1) is 12.6 Å². The molecule has 17 heavy (non-hydrogen) atoms. The molecule has 1 unspecified atom stereocenters. The maximum atomic E-state index is 11.8. The van der Waals surface area contributed by atoms with Crippen LogP contribution < -0.4 is 5.73 Å². The first-order chi connectivity index (χ1) is 7.92. The Morgan fingerprint density at radius 2 is 2.12 bits per heavy atom. The molecular formula is C9H14F3N3OS. The molecule has 1 aromatic rings. The van der Waals surface area contributed by atoms with Gasteiger partial charge < -0.3 is 10.5 Å². The third-order valence-electron chi connectivity index (χ3n) is 1.97. The molecule has 1 aromatic heterocycles. The number of hydrogen-bond acceptors (Lipinski definition) is 5. The summed E-state index contributed by atoms with van der Waals surface area (Å²) in [6.07, 6.45) is -3.21. The van der Waals surface area contributed by atoms with E-state index >= 15 is 0 Å². The van der Waals surface area contributed by atoms with Gasteiger partial charge in [-0.1, -0.05) is 18.3 Å². The van der Waals surface area contributed by atoms with E-state index in [0.29, 0.717) is 16.4 Å². The normalized spacial score (nSPS) is 13.9. The lowest BCUT2D eigenvalue weighted by atomic mass is 10.3. The Morgan fingerprint density at radius 1 is 1.41 bits per heavy atom. The summed E-state index contributed by atoms with van der Waals surface area (Å²) < 4.78 is 39.8. The average Bonchev–Trinajstić information content (AvgIpc) is 2.70. The van der Waals surface area contributed by atoms with Crippen LogP contribution in [0, 0.1) is 0 Å². The lowest BCUT2D eigenvalue weighted by Crippen LogP contribution is -2.17. The molecular weight excluding hydrogens is 255 g/mol. The zero-order valence-corrected chi connectivity index (χ0v) is 10.1. The summed E-state index contributed by atoms with van der Waals surface area (Å²) in [7, 11) is 0. The van der Waals surface area contributed by atoms with E-state index in [2.05, 4.69) is 14.9 Å². The molecule has 0 aliphatic rings. The zero-order chi connectivity index (χ0) is 12.9. The van der Waals surface area contributed by atoms with Gasteiger partial charge in [0.2, 0.25) is 0 Å². The van der Waals surface area contributed by atoms with Gasteiger partial charge in [-0.3, -0.25) is 0 Å². The van der Waals surface area contributed by atoms with Gasteiger partial charge in [-0.2, -0.15) is 13.2 Å². The second-order valence-corrected chi connectivity index (χ2v) is 4.56. The summed E-state index contributed by atoms with van der Waals surface area (Å²) in [5, 5.41) is 9.08. The van der Waals surface area contributed by atoms with E-state index in [4.69, 9.17) is 5.73 Å². The fourth-order valence-corrected chi connectivity index (χ4v) is 1.95. The second kappa shape index (κ2) is 6.27. The molecule has 4 nitrogen and oxygen atoms in total. The predicted molar refractivity (Wildman–Crippen MR) is 57.7 cm³/mol. The van der Waals surface area contributed by atoms with Crippen LogP contribution in [0.15, 0.2) is 0 Å². The summed E-state index contributed by atoms with van der Waals surface area (Å²) in [6, 6.07) is -0.155. The Hall–Kier alpha value is -0.730. The van der Waals surface area contributed by atoms with Crippen molar-refractivity contribution in [2.75, 3.05) is 13.2 Å². The molecule has 0 amide bonds. The number of aromatic nitrogens is 2. The van der Waals surface area contributed by atoms with Crippen molar-refractivity contribution < 1.29 is 17.9 Å². The van der Waals surface area contributed by atoms with Crippen molar-refractivity contribution in [3.63, 3.8) is 0 Å².